The third kappa shape index (κ3) is 1.68. The van der Waals surface area contributed by atoms with E-state index in [9.17, 15) is 4.79 Å². The minimum atomic E-state index is 0.234. The molecule has 2 nitrogen and oxygen atoms in total. The van der Waals surface area contributed by atoms with Crippen molar-refractivity contribution >= 4 is 5.78 Å². The van der Waals surface area contributed by atoms with Gasteiger partial charge in [-0.05, 0) is 25.2 Å². The monoisotopic (exact) mass is 167 g/mol. The lowest BCUT2D eigenvalue weighted by Crippen LogP contribution is -2.24. The van der Waals surface area contributed by atoms with Crippen molar-refractivity contribution in [2.75, 3.05) is 0 Å². The van der Waals surface area contributed by atoms with Crippen molar-refractivity contribution in [3.8, 4) is 0 Å². The van der Waals surface area contributed by atoms with Crippen molar-refractivity contribution in [1.82, 2.24) is 0 Å². The van der Waals surface area contributed by atoms with Crippen molar-refractivity contribution in [2.45, 2.75) is 33.6 Å². The van der Waals surface area contributed by atoms with Crippen LogP contribution < -0.4 is 5.73 Å². The summed E-state index contributed by atoms with van der Waals surface area (Å²) in [5.74, 6) is 1.25. The molecule has 0 aliphatic heterocycles. The van der Waals surface area contributed by atoms with Crippen LogP contribution >= 0.6 is 0 Å². The molecule has 0 amide bonds. The maximum absolute atomic E-state index is 11.4. The number of rotatable bonds is 1. The second kappa shape index (κ2) is 3.30. The van der Waals surface area contributed by atoms with Crippen molar-refractivity contribution in [3.05, 3.63) is 11.3 Å². The third-order valence-electron chi connectivity index (χ3n) is 2.77. The number of carbonyl (C=O) groups excluding carboxylic acids is 1. The SMILES string of the molecule is CC1=C(N)CC(C(C)C)CC1=O. The summed E-state index contributed by atoms with van der Waals surface area (Å²) in [7, 11) is 0. The summed E-state index contributed by atoms with van der Waals surface area (Å²) in [6, 6.07) is 0. The fourth-order valence-electron chi connectivity index (χ4n) is 1.55. The second-order valence-corrected chi connectivity index (χ2v) is 3.99. The lowest BCUT2D eigenvalue weighted by atomic mass is 9.80. The Balaban J connectivity index is 2.78. The highest BCUT2D eigenvalue weighted by Gasteiger charge is 2.25. The molecule has 1 rings (SSSR count). The predicted octanol–water partition coefficient (Wildman–Crippen LogP) is 1.85. The van der Waals surface area contributed by atoms with Crippen molar-refractivity contribution in [1.29, 1.82) is 0 Å². The molecule has 68 valence electrons. The highest BCUT2D eigenvalue weighted by molar-refractivity contribution is 5.96. The standard InChI is InChI=1S/C10H17NO/c1-6(2)8-4-9(11)7(3)10(12)5-8/h6,8H,4-5,11H2,1-3H3. The molecule has 1 aliphatic rings. The molecule has 0 radical (unpaired) electrons. The Hall–Kier alpha value is -0.790. The smallest absolute Gasteiger partial charge is 0.160 e. The Bertz CT molecular complexity index is 228. The number of nitrogens with two attached hydrogens (primary N) is 1. The number of hydrogen-bond acceptors (Lipinski definition) is 2. The van der Waals surface area contributed by atoms with Crippen molar-refractivity contribution in [3.63, 3.8) is 0 Å². The molecule has 1 unspecified atom stereocenters. The maximum Gasteiger partial charge on any atom is 0.160 e. The van der Waals surface area contributed by atoms with Crippen LogP contribution in [-0.4, -0.2) is 5.78 Å². The molecule has 1 atom stereocenters. The van der Waals surface area contributed by atoms with Crippen molar-refractivity contribution in [2.24, 2.45) is 17.6 Å². The van der Waals surface area contributed by atoms with Gasteiger partial charge in [-0.25, -0.2) is 0 Å². The topological polar surface area (TPSA) is 43.1 Å². The summed E-state index contributed by atoms with van der Waals surface area (Å²) in [4.78, 5) is 11.4. The average molecular weight is 167 g/mol. The summed E-state index contributed by atoms with van der Waals surface area (Å²) < 4.78 is 0. The van der Waals surface area contributed by atoms with Crippen LogP contribution in [0.15, 0.2) is 11.3 Å². The Morgan fingerprint density at radius 1 is 1.42 bits per heavy atom. The summed E-state index contributed by atoms with van der Waals surface area (Å²) in [5, 5.41) is 0. The normalized spacial score (nSPS) is 25.3. The molecular weight excluding hydrogens is 150 g/mol. The molecule has 12 heavy (non-hydrogen) atoms. The van der Waals surface area contributed by atoms with Gasteiger partial charge in [0.2, 0.25) is 0 Å². The molecule has 0 saturated heterocycles. The zero-order chi connectivity index (χ0) is 9.30. The van der Waals surface area contributed by atoms with Gasteiger partial charge in [0.15, 0.2) is 5.78 Å². The summed E-state index contributed by atoms with van der Waals surface area (Å²) in [5.41, 5.74) is 7.34. The molecule has 0 aromatic carbocycles. The first-order valence-electron chi connectivity index (χ1n) is 4.50. The lowest BCUT2D eigenvalue weighted by molar-refractivity contribution is -0.117. The second-order valence-electron chi connectivity index (χ2n) is 3.99. The molecule has 0 aromatic rings. The van der Waals surface area contributed by atoms with Gasteiger partial charge in [-0.3, -0.25) is 4.79 Å². The van der Waals surface area contributed by atoms with E-state index in [1.165, 1.54) is 0 Å². The number of hydrogen-bond donors (Lipinski definition) is 1. The molecule has 0 heterocycles. The molecule has 0 saturated carbocycles. The van der Waals surface area contributed by atoms with E-state index in [2.05, 4.69) is 13.8 Å². The van der Waals surface area contributed by atoms with Crippen LogP contribution in [0.3, 0.4) is 0 Å². The first-order chi connectivity index (χ1) is 5.52. The molecule has 0 fully saturated rings. The van der Waals surface area contributed by atoms with Gasteiger partial charge < -0.3 is 5.73 Å². The highest BCUT2D eigenvalue weighted by Crippen LogP contribution is 2.29. The quantitative estimate of drug-likeness (QED) is 0.647. The van der Waals surface area contributed by atoms with Crippen LogP contribution in [0.25, 0.3) is 0 Å². The third-order valence-corrected chi connectivity index (χ3v) is 2.77. The molecule has 1 aliphatic carbocycles. The summed E-state index contributed by atoms with van der Waals surface area (Å²) in [6.45, 7) is 6.12. The van der Waals surface area contributed by atoms with E-state index >= 15 is 0 Å². The largest absolute Gasteiger partial charge is 0.402 e. The van der Waals surface area contributed by atoms with Gasteiger partial charge in [-0.1, -0.05) is 13.8 Å². The number of carbonyl (C=O) groups is 1. The van der Waals surface area contributed by atoms with Gasteiger partial charge in [0.25, 0.3) is 0 Å². The Kier molecular flexibility index (Phi) is 2.55. The Labute approximate surface area is 73.8 Å². The number of Topliss-reactive ketones (excluding diaryl/α,β-unsaturated/α-hetero) is 1. The van der Waals surface area contributed by atoms with E-state index in [0.29, 0.717) is 18.3 Å². The van der Waals surface area contributed by atoms with Gasteiger partial charge >= 0.3 is 0 Å². The van der Waals surface area contributed by atoms with E-state index in [1.807, 2.05) is 6.92 Å². The molecule has 2 N–H and O–H groups in total. The van der Waals surface area contributed by atoms with E-state index < -0.39 is 0 Å². The minimum absolute atomic E-state index is 0.234. The van der Waals surface area contributed by atoms with E-state index in [4.69, 9.17) is 5.73 Å². The van der Waals surface area contributed by atoms with Crippen molar-refractivity contribution < 1.29 is 4.79 Å². The fourth-order valence-corrected chi connectivity index (χ4v) is 1.55. The van der Waals surface area contributed by atoms with E-state index in [1.54, 1.807) is 0 Å². The maximum atomic E-state index is 11.4. The van der Waals surface area contributed by atoms with Gasteiger partial charge in [-0.2, -0.15) is 0 Å². The van der Waals surface area contributed by atoms with Gasteiger partial charge in [0.05, 0.1) is 0 Å². The van der Waals surface area contributed by atoms with Gasteiger partial charge in [0.1, 0.15) is 0 Å². The van der Waals surface area contributed by atoms with E-state index in [0.717, 1.165) is 17.7 Å². The number of ketones is 1. The Morgan fingerprint density at radius 2 is 2.00 bits per heavy atom. The van der Waals surface area contributed by atoms with Crippen LogP contribution in [0.5, 0.6) is 0 Å². The van der Waals surface area contributed by atoms with Crippen LogP contribution in [0.1, 0.15) is 33.6 Å². The first-order valence-corrected chi connectivity index (χ1v) is 4.50. The van der Waals surface area contributed by atoms with Crippen LogP contribution in [-0.2, 0) is 4.79 Å². The predicted molar refractivity (Wildman–Crippen MR) is 49.5 cm³/mol. The lowest BCUT2D eigenvalue weighted by Gasteiger charge is -2.25. The molecular formula is C10H17NO. The first kappa shape index (κ1) is 9.30. The Morgan fingerprint density at radius 3 is 2.42 bits per heavy atom. The summed E-state index contributed by atoms with van der Waals surface area (Å²) >= 11 is 0. The summed E-state index contributed by atoms with van der Waals surface area (Å²) in [6.07, 6.45) is 1.58. The molecule has 0 spiro atoms. The molecule has 2 heteroatoms. The zero-order valence-corrected chi connectivity index (χ0v) is 8.05. The van der Waals surface area contributed by atoms with Crippen LogP contribution in [0.4, 0.5) is 0 Å². The van der Waals surface area contributed by atoms with Gasteiger partial charge in [-0.15, -0.1) is 0 Å². The molecule has 0 bridgehead atoms. The highest BCUT2D eigenvalue weighted by atomic mass is 16.1. The fraction of sp³-hybridized carbons (Fsp3) is 0.700. The van der Waals surface area contributed by atoms with Gasteiger partial charge in [0, 0.05) is 17.7 Å². The average Bonchev–Trinajstić information content (AvgIpc) is 1.99. The minimum Gasteiger partial charge on any atom is -0.402 e. The van der Waals surface area contributed by atoms with E-state index in [-0.39, 0.29) is 5.78 Å². The van der Waals surface area contributed by atoms with Crippen LogP contribution in [0, 0.1) is 11.8 Å². The number of allylic oxidation sites excluding steroid dienone is 2. The zero-order valence-electron chi connectivity index (χ0n) is 8.05. The molecule has 0 aromatic heterocycles. The van der Waals surface area contributed by atoms with Crippen LogP contribution in [0.2, 0.25) is 0 Å².